The van der Waals surface area contributed by atoms with Crippen LogP contribution in [0.3, 0.4) is 0 Å². The van der Waals surface area contributed by atoms with Crippen LogP contribution in [0.15, 0.2) is 10.9 Å². The lowest BCUT2D eigenvalue weighted by molar-refractivity contribution is -0.128. The Morgan fingerprint density at radius 3 is 2.78 bits per heavy atom. The smallest absolute Gasteiger partial charge is 0.252 e. The highest BCUT2D eigenvalue weighted by Crippen LogP contribution is 2.11. The molecule has 0 atom stereocenters. The van der Waals surface area contributed by atoms with Crippen molar-refractivity contribution in [1.29, 1.82) is 0 Å². The van der Waals surface area contributed by atoms with E-state index in [1.165, 1.54) is 6.07 Å². The van der Waals surface area contributed by atoms with Gasteiger partial charge in [-0.05, 0) is 13.3 Å². The third-order valence-electron chi connectivity index (χ3n) is 3.11. The molecule has 1 aromatic rings. The summed E-state index contributed by atoms with van der Waals surface area (Å²) in [5, 5.41) is 0. The molecule has 0 unspecified atom stereocenters. The average molecular weight is 250 g/mol. The second-order valence-corrected chi connectivity index (χ2v) is 4.54. The first kappa shape index (κ1) is 12.6. The molecule has 1 fully saturated rings. The Morgan fingerprint density at radius 2 is 2.11 bits per heavy atom. The molecule has 0 bridgehead atoms. The van der Waals surface area contributed by atoms with Gasteiger partial charge in [0.2, 0.25) is 5.91 Å². The van der Waals surface area contributed by atoms with Gasteiger partial charge in [-0.15, -0.1) is 0 Å². The number of aryl methyl sites for hydroxylation is 1. The lowest BCUT2D eigenvalue weighted by Crippen LogP contribution is -2.34. The fourth-order valence-electron chi connectivity index (χ4n) is 2.19. The molecule has 1 aliphatic rings. The van der Waals surface area contributed by atoms with Gasteiger partial charge in [-0.3, -0.25) is 9.59 Å². The maximum absolute atomic E-state index is 11.4. The van der Waals surface area contributed by atoms with Gasteiger partial charge in [-0.25, -0.2) is 4.98 Å². The maximum atomic E-state index is 11.4. The number of aromatic nitrogens is 2. The molecule has 6 nitrogen and oxygen atoms in total. The van der Waals surface area contributed by atoms with Crippen LogP contribution in [0.5, 0.6) is 0 Å². The van der Waals surface area contributed by atoms with Crippen LogP contribution in [0, 0.1) is 6.92 Å². The van der Waals surface area contributed by atoms with Crippen LogP contribution in [0.25, 0.3) is 0 Å². The van der Waals surface area contributed by atoms with Crippen LogP contribution in [0.2, 0.25) is 0 Å². The van der Waals surface area contributed by atoms with E-state index in [1.54, 1.807) is 13.8 Å². The van der Waals surface area contributed by atoms with E-state index in [-0.39, 0.29) is 11.5 Å². The van der Waals surface area contributed by atoms with E-state index in [9.17, 15) is 9.59 Å². The molecule has 0 saturated carbocycles. The minimum Gasteiger partial charge on any atom is -0.355 e. The van der Waals surface area contributed by atoms with Crippen molar-refractivity contribution >= 4 is 11.7 Å². The van der Waals surface area contributed by atoms with Crippen molar-refractivity contribution in [2.24, 2.45) is 0 Å². The van der Waals surface area contributed by atoms with Gasteiger partial charge in [0.15, 0.2) is 0 Å². The first-order chi connectivity index (χ1) is 8.56. The Balaban J connectivity index is 2.14. The normalized spacial score (nSPS) is 16.6. The number of rotatable bonds is 1. The number of H-pyrrole nitrogens is 1. The molecule has 6 heteroatoms. The van der Waals surface area contributed by atoms with Crippen molar-refractivity contribution in [2.45, 2.75) is 20.3 Å². The highest BCUT2D eigenvalue weighted by Gasteiger charge is 2.17. The first-order valence-corrected chi connectivity index (χ1v) is 6.14. The van der Waals surface area contributed by atoms with Crippen LogP contribution in [0.4, 0.5) is 5.82 Å². The summed E-state index contributed by atoms with van der Waals surface area (Å²) >= 11 is 0. The topological polar surface area (TPSA) is 69.3 Å². The second kappa shape index (κ2) is 5.20. The zero-order chi connectivity index (χ0) is 13.1. The molecule has 1 amide bonds. The molecule has 2 heterocycles. The van der Waals surface area contributed by atoms with Crippen molar-refractivity contribution in [3.05, 3.63) is 22.2 Å². The van der Waals surface area contributed by atoms with E-state index in [0.717, 1.165) is 26.1 Å². The summed E-state index contributed by atoms with van der Waals surface area (Å²) in [4.78, 5) is 33.6. The summed E-state index contributed by atoms with van der Waals surface area (Å²) in [5.41, 5.74) is -0.134. The molecular formula is C12H18N4O2. The van der Waals surface area contributed by atoms with Gasteiger partial charge >= 0.3 is 0 Å². The van der Waals surface area contributed by atoms with Gasteiger partial charge in [0.25, 0.3) is 5.56 Å². The van der Waals surface area contributed by atoms with Crippen molar-refractivity contribution in [3.63, 3.8) is 0 Å². The van der Waals surface area contributed by atoms with E-state index in [4.69, 9.17) is 0 Å². The maximum Gasteiger partial charge on any atom is 0.252 e. The standard InChI is InChI=1S/C12H18N4O2/c1-9-13-11(8-12(18)14-9)16-5-3-4-15(6-7-16)10(2)17/h8H,3-7H2,1-2H3,(H,13,14,18). The van der Waals surface area contributed by atoms with Crippen LogP contribution in [-0.4, -0.2) is 47.0 Å². The van der Waals surface area contributed by atoms with E-state index < -0.39 is 0 Å². The molecule has 0 spiro atoms. The van der Waals surface area contributed by atoms with Gasteiger partial charge in [0.1, 0.15) is 11.6 Å². The zero-order valence-corrected chi connectivity index (χ0v) is 10.8. The SMILES string of the molecule is CC(=O)N1CCCN(c2cc(=O)[nH]c(C)n2)CC1. The molecule has 18 heavy (non-hydrogen) atoms. The molecule has 98 valence electrons. The Bertz CT molecular complexity index is 497. The van der Waals surface area contributed by atoms with Gasteiger partial charge in [0.05, 0.1) is 0 Å². The number of carbonyl (C=O) groups excluding carboxylic acids is 1. The summed E-state index contributed by atoms with van der Waals surface area (Å²) in [7, 11) is 0. The molecule has 1 aromatic heterocycles. The fraction of sp³-hybridized carbons (Fsp3) is 0.583. The van der Waals surface area contributed by atoms with Crippen LogP contribution >= 0.6 is 0 Å². The Labute approximate surface area is 106 Å². The Hall–Kier alpha value is -1.85. The van der Waals surface area contributed by atoms with E-state index in [1.807, 2.05) is 4.90 Å². The first-order valence-electron chi connectivity index (χ1n) is 6.14. The Morgan fingerprint density at radius 1 is 1.33 bits per heavy atom. The fourth-order valence-corrected chi connectivity index (χ4v) is 2.19. The van der Waals surface area contributed by atoms with E-state index >= 15 is 0 Å². The second-order valence-electron chi connectivity index (χ2n) is 4.54. The summed E-state index contributed by atoms with van der Waals surface area (Å²) < 4.78 is 0. The lowest BCUT2D eigenvalue weighted by atomic mass is 10.3. The molecule has 0 aliphatic carbocycles. The van der Waals surface area contributed by atoms with E-state index in [2.05, 4.69) is 14.9 Å². The number of aromatic amines is 1. The third-order valence-corrected chi connectivity index (χ3v) is 3.11. The number of anilines is 1. The van der Waals surface area contributed by atoms with Gasteiger partial charge in [-0.1, -0.05) is 0 Å². The minimum absolute atomic E-state index is 0.104. The van der Waals surface area contributed by atoms with Crippen molar-refractivity contribution in [3.8, 4) is 0 Å². The van der Waals surface area contributed by atoms with Crippen LogP contribution < -0.4 is 10.5 Å². The molecule has 1 N–H and O–H groups in total. The van der Waals surface area contributed by atoms with Crippen molar-refractivity contribution in [2.75, 3.05) is 31.1 Å². The van der Waals surface area contributed by atoms with E-state index in [0.29, 0.717) is 18.2 Å². The molecule has 0 radical (unpaired) electrons. The molecule has 1 saturated heterocycles. The monoisotopic (exact) mass is 250 g/mol. The zero-order valence-electron chi connectivity index (χ0n) is 10.8. The molecule has 2 rings (SSSR count). The quantitative estimate of drug-likeness (QED) is 0.769. The predicted octanol–water partition coefficient (Wildman–Crippen LogP) is 0.137. The summed E-state index contributed by atoms with van der Waals surface area (Å²) in [6.07, 6.45) is 0.896. The lowest BCUT2D eigenvalue weighted by Gasteiger charge is -2.22. The van der Waals surface area contributed by atoms with Crippen LogP contribution in [-0.2, 0) is 4.79 Å². The molecule has 1 aliphatic heterocycles. The highest BCUT2D eigenvalue weighted by molar-refractivity contribution is 5.73. The largest absolute Gasteiger partial charge is 0.355 e. The minimum atomic E-state index is -0.134. The van der Waals surface area contributed by atoms with Crippen molar-refractivity contribution < 1.29 is 4.79 Å². The van der Waals surface area contributed by atoms with Gasteiger partial charge in [-0.2, -0.15) is 0 Å². The summed E-state index contributed by atoms with van der Waals surface area (Å²) in [5.74, 6) is 1.42. The number of nitrogens with one attached hydrogen (secondary N) is 1. The van der Waals surface area contributed by atoms with Gasteiger partial charge in [0, 0.05) is 39.2 Å². The molecular weight excluding hydrogens is 232 g/mol. The number of carbonyl (C=O) groups is 1. The van der Waals surface area contributed by atoms with Crippen molar-refractivity contribution in [1.82, 2.24) is 14.9 Å². The Kier molecular flexibility index (Phi) is 3.64. The van der Waals surface area contributed by atoms with Crippen LogP contribution in [0.1, 0.15) is 19.2 Å². The third kappa shape index (κ3) is 2.88. The van der Waals surface area contributed by atoms with Gasteiger partial charge < -0.3 is 14.8 Å². The number of nitrogens with zero attached hydrogens (tertiary/aromatic N) is 3. The summed E-state index contributed by atoms with van der Waals surface area (Å²) in [6.45, 7) is 6.35. The summed E-state index contributed by atoms with van der Waals surface area (Å²) in [6, 6.07) is 1.51. The molecule has 0 aromatic carbocycles. The average Bonchev–Trinajstić information content (AvgIpc) is 2.52. The predicted molar refractivity (Wildman–Crippen MR) is 68.7 cm³/mol. The number of amides is 1. The number of hydrogen-bond donors (Lipinski definition) is 1. The highest BCUT2D eigenvalue weighted by atomic mass is 16.2. The number of hydrogen-bond acceptors (Lipinski definition) is 4.